The van der Waals surface area contributed by atoms with Gasteiger partial charge in [0, 0.05) is 25.2 Å². The molecule has 1 heterocycles. The van der Waals surface area contributed by atoms with E-state index >= 15 is 0 Å². The molecule has 0 spiro atoms. The molecule has 0 aromatic heterocycles. The lowest BCUT2D eigenvalue weighted by Gasteiger charge is -2.35. The fourth-order valence-corrected chi connectivity index (χ4v) is 2.40. The first-order valence-electron chi connectivity index (χ1n) is 6.22. The number of likely N-dealkylation sites (tertiary alicyclic amines) is 1. The Morgan fingerprint density at radius 2 is 2.13 bits per heavy atom. The third-order valence-electron chi connectivity index (χ3n) is 3.35. The molecule has 1 aliphatic heterocycles. The summed E-state index contributed by atoms with van der Waals surface area (Å²) in [6, 6.07) is 1.21. The van der Waals surface area contributed by atoms with E-state index in [1.165, 1.54) is 25.9 Å². The Kier molecular flexibility index (Phi) is 5.58. The second-order valence-electron chi connectivity index (χ2n) is 5.12. The van der Waals surface area contributed by atoms with Crippen LogP contribution in [0.3, 0.4) is 0 Å². The smallest absolute Gasteiger partial charge is 0.0230 e. The van der Waals surface area contributed by atoms with Gasteiger partial charge in [0.15, 0.2) is 0 Å². The zero-order chi connectivity index (χ0) is 11.3. The topological polar surface area (TPSA) is 27.3 Å². The van der Waals surface area contributed by atoms with Crippen LogP contribution in [0.2, 0.25) is 0 Å². The zero-order valence-corrected chi connectivity index (χ0v) is 10.7. The molecule has 2 unspecified atom stereocenters. The van der Waals surface area contributed by atoms with Crippen molar-refractivity contribution in [2.24, 2.45) is 5.92 Å². The zero-order valence-electron chi connectivity index (χ0n) is 10.7. The Bertz CT molecular complexity index is 170. The van der Waals surface area contributed by atoms with Crippen molar-refractivity contribution in [2.75, 3.05) is 33.7 Å². The van der Waals surface area contributed by atoms with Crippen LogP contribution in [0.15, 0.2) is 0 Å². The van der Waals surface area contributed by atoms with Crippen LogP contribution >= 0.6 is 0 Å². The molecule has 1 rings (SSSR count). The minimum Gasteiger partial charge on any atom is -0.315 e. The van der Waals surface area contributed by atoms with Gasteiger partial charge in [0.05, 0.1) is 0 Å². The van der Waals surface area contributed by atoms with Gasteiger partial charge in [-0.05, 0) is 39.4 Å². The van der Waals surface area contributed by atoms with Crippen molar-refractivity contribution in [1.82, 2.24) is 15.5 Å². The van der Waals surface area contributed by atoms with Crippen molar-refractivity contribution in [3.05, 3.63) is 0 Å². The molecule has 0 aliphatic carbocycles. The standard InChI is InChI=1S/C12H27N3/c1-10(2)14-8-12(13-3)11-6-5-7-15(4)9-11/h10-14H,5-9H2,1-4H3. The number of rotatable bonds is 5. The summed E-state index contributed by atoms with van der Waals surface area (Å²) >= 11 is 0. The first-order valence-corrected chi connectivity index (χ1v) is 6.22. The molecule has 0 radical (unpaired) electrons. The van der Waals surface area contributed by atoms with Gasteiger partial charge in [-0.2, -0.15) is 0 Å². The maximum absolute atomic E-state index is 3.53. The maximum Gasteiger partial charge on any atom is 0.0230 e. The van der Waals surface area contributed by atoms with Crippen molar-refractivity contribution in [3.63, 3.8) is 0 Å². The first-order chi connectivity index (χ1) is 7.13. The van der Waals surface area contributed by atoms with E-state index in [1.807, 2.05) is 0 Å². The van der Waals surface area contributed by atoms with Gasteiger partial charge < -0.3 is 15.5 Å². The molecular formula is C12H27N3. The maximum atomic E-state index is 3.53. The number of hydrogen-bond acceptors (Lipinski definition) is 3. The fourth-order valence-electron chi connectivity index (χ4n) is 2.40. The van der Waals surface area contributed by atoms with E-state index in [9.17, 15) is 0 Å². The minimum absolute atomic E-state index is 0.585. The van der Waals surface area contributed by atoms with Gasteiger partial charge in [-0.1, -0.05) is 13.8 Å². The molecule has 15 heavy (non-hydrogen) atoms. The number of nitrogens with one attached hydrogen (secondary N) is 2. The monoisotopic (exact) mass is 213 g/mol. The van der Waals surface area contributed by atoms with Gasteiger partial charge in [0.2, 0.25) is 0 Å². The lowest BCUT2D eigenvalue weighted by Crippen LogP contribution is -2.49. The Morgan fingerprint density at radius 3 is 2.67 bits per heavy atom. The lowest BCUT2D eigenvalue weighted by atomic mass is 9.90. The van der Waals surface area contributed by atoms with Crippen LogP contribution in [-0.4, -0.2) is 50.7 Å². The van der Waals surface area contributed by atoms with Crippen molar-refractivity contribution in [3.8, 4) is 0 Å². The van der Waals surface area contributed by atoms with Crippen LogP contribution in [0.5, 0.6) is 0 Å². The summed E-state index contributed by atoms with van der Waals surface area (Å²) < 4.78 is 0. The molecule has 2 N–H and O–H groups in total. The normalized spacial score (nSPS) is 25.8. The molecule has 3 nitrogen and oxygen atoms in total. The van der Waals surface area contributed by atoms with E-state index in [-0.39, 0.29) is 0 Å². The van der Waals surface area contributed by atoms with Gasteiger partial charge in [-0.15, -0.1) is 0 Å². The molecule has 0 aromatic carbocycles. The Hall–Kier alpha value is -0.120. The van der Waals surface area contributed by atoms with Crippen molar-refractivity contribution >= 4 is 0 Å². The Labute approximate surface area is 94.6 Å². The summed E-state index contributed by atoms with van der Waals surface area (Å²) in [5.41, 5.74) is 0. The summed E-state index contributed by atoms with van der Waals surface area (Å²) in [5.74, 6) is 0.806. The lowest BCUT2D eigenvalue weighted by molar-refractivity contribution is 0.174. The van der Waals surface area contributed by atoms with Crippen molar-refractivity contribution in [2.45, 2.75) is 38.8 Å². The predicted molar refractivity (Wildman–Crippen MR) is 66.2 cm³/mol. The second kappa shape index (κ2) is 6.46. The number of piperidine rings is 1. The quantitative estimate of drug-likeness (QED) is 0.711. The van der Waals surface area contributed by atoms with E-state index in [2.05, 4.69) is 43.5 Å². The third kappa shape index (κ3) is 4.49. The molecule has 3 heteroatoms. The molecule has 1 fully saturated rings. The predicted octanol–water partition coefficient (Wildman–Crippen LogP) is 0.914. The van der Waals surface area contributed by atoms with Crippen LogP contribution in [0.1, 0.15) is 26.7 Å². The SMILES string of the molecule is CNC(CNC(C)C)C1CCCN(C)C1. The Balaban J connectivity index is 2.35. The first kappa shape index (κ1) is 12.9. The van der Waals surface area contributed by atoms with Gasteiger partial charge in [-0.25, -0.2) is 0 Å². The summed E-state index contributed by atoms with van der Waals surface area (Å²) in [6.07, 6.45) is 2.72. The summed E-state index contributed by atoms with van der Waals surface area (Å²) in [7, 11) is 4.32. The van der Waals surface area contributed by atoms with Gasteiger partial charge in [0.25, 0.3) is 0 Å². The number of hydrogen-bond donors (Lipinski definition) is 2. The molecule has 0 amide bonds. The second-order valence-corrected chi connectivity index (χ2v) is 5.12. The molecule has 2 atom stereocenters. The minimum atomic E-state index is 0.585. The van der Waals surface area contributed by atoms with Crippen LogP contribution in [-0.2, 0) is 0 Å². The molecule has 0 saturated carbocycles. The van der Waals surface area contributed by atoms with Crippen LogP contribution < -0.4 is 10.6 Å². The van der Waals surface area contributed by atoms with Crippen LogP contribution in [0.25, 0.3) is 0 Å². The summed E-state index contributed by atoms with van der Waals surface area (Å²) in [6.45, 7) is 8.02. The molecule has 90 valence electrons. The van der Waals surface area contributed by atoms with Crippen molar-refractivity contribution < 1.29 is 0 Å². The van der Waals surface area contributed by atoms with Crippen LogP contribution in [0.4, 0.5) is 0 Å². The highest BCUT2D eigenvalue weighted by Gasteiger charge is 2.24. The molecular weight excluding hydrogens is 186 g/mol. The van der Waals surface area contributed by atoms with E-state index < -0.39 is 0 Å². The Morgan fingerprint density at radius 1 is 1.40 bits per heavy atom. The van der Waals surface area contributed by atoms with Crippen molar-refractivity contribution in [1.29, 1.82) is 0 Å². The fraction of sp³-hybridized carbons (Fsp3) is 1.00. The largest absolute Gasteiger partial charge is 0.315 e. The van der Waals surface area contributed by atoms with E-state index in [1.54, 1.807) is 0 Å². The molecule has 1 aliphatic rings. The van der Waals surface area contributed by atoms with Gasteiger partial charge in [-0.3, -0.25) is 0 Å². The van der Waals surface area contributed by atoms with Gasteiger partial charge in [0.1, 0.15) is 0 Å². The highest BCUT2D eigenvalue weighted by atomic mass is 15.1. The highest BCUT2D eigenvalue weighted by Crippen LogP contribution is 2.18. The number of likely N-dealkylation sites (N-methyl/N-ethyl adjacent to an activating group) is 1. The van der Waals surface area contributed by atoms with E-state index in [0.29, 0.717) is 12.1 Å². The molecule has 0 bridgehead atoms. The summed E-state index contributed by atoms with van der Waals surface area (Å²) in [4.78, 5) is 2.45. The third-order valence-corrected chi connectivity index (χ3v) is 3.35. The number of nitrogens with zero attached hydrogens (tertiary/aromatic N) is 1. The van der Waals surface area contributed by atoms with E-state index in [0.717, 1.165) is 12.5 Å². The van der Waals surface area contributed by atoms with E-state index in [4.69, 9.17) is 0 Å². The average Bonchev–Trinajstić information content (AvgIpc) is 2.18. The summed E-state index contributed by atoms with van der Waals surface area (Å²) in [5, 5.41) is 6.99. The molecule has 1 saturated heterocycles. The highest BCUT2D eigenvalue weighted by molar-refractivity contribution is 4.83. The molecule has 0 aromatic rings. The average molecular weight is 213 g/mol. The van der Waals surface area contributed by atoms with Crippen LogP contribution in [0, 0.1) is 5.92 Å². The van der Waals surface area contributed by atoms with Gasteiger partial charge >= 0.3 is 0 Å².